The Kier molecular flexibility index (Phi) is 3.25. The van der Waals surface area contributed by atoms with Crippen molar-refractivity contribution in [2.45, 2.75) is 12.8 Å². The number of rotatable bonds is 3. The van der Waals surface area contributed by atoms with Crippen molar-refractivity contribution >= 4 is 21.4 Å². The molecule has 0 radical (unpaired) electrons. The molecule has 0 aromatic carbocycles. The molecule has 1 aromatic rings. The zero-order valence-electron chi connectivity index (χ0n) is 8.26. The maximum atomic E-state index is 11.4. The third-order valence-corrected chi connectivity index (χ3v) is 4.91. The van der Waals surface area contributed by atoms with E-state index in [0.717, 1.165) is 18.6 Å². The lowest BCUT2D eigenvalue weighted by atomic mass is 10.1. The second-order valence-electron chi connectivity index (χ2n) is 3.79. The lowest BCUT2D eigenvalue weighted by Gasteiger charge is -2.21. The van der Waals surface area contributed by atoms with Crippen LogP contribution in [0.4, 0.5) is 0 Å². The first-order chi connectivity index (χ1) is 7.16. The fraction of sp³-hybridized carbons (Fsp3) is 0.667. The topological polar surface area (TPSA) is 56.3 Å². The molecule has 0 aliphatic carbocycles. The summed E-state index contributed by atoms with van der Waals surface area (Å²) in [5.41, 5.74) is 0. The van der Waals surface area contributed by atoms with Gasteiger partial charge >= 0.3 is 0 Å². The average molecular weight is 247 g/mol. The largest absolute Gasteiger partial charge is 0.491 e. The van der Waals surface area contributed by atoms with Crippen LogP contribution in [0.5, 0.6) is 5.75 Å². The highest BCUT2D eigenvalue weighted by molar-refractivity contribution is 7.91. The van der Waals surface area contributed by atoms with Crippen molar-refractivity contribution in [1.82, 2.24) is 4.37 Å². The summed E-state index contributed by atoms with van der Waals surface area (Å²) in [6, 6.07) is 0. The Morgan fingerprint density at radius 3 is 3.13 bits per heavy atom. The summed E-state index contributed by atoms with van der Waals surface area (Å²) in [7, 11) is -2.82. The van der Waals surface area contributed by atoms with Gasteiger partial charge in [0.25, 0.3) is 0 Å². The van der Waals surface area contributed by atoms with E-state index in [2.05, 4.69) is 4.37 Å². The minimum atomic E-state index is -2.82. The minimum absolute atomic E-state index is 0.142. The van der Waals surface area contributed by atoms with Gasteiger partial charge in [0.15, 0.2) is 9.84 Å². The molecule has 6 heteroatoms. The predicted molar refractivity (Wildman–Crippen MR) is 59.0 cm³/mol. The quantitative estimate of drug-likeness (QED) is 0.809. The Morgan fingerprint density at radius 1 is 1.60 bits per heavy atom. The molecule has 1 fully saturated rings. The molecule has 0 amide bonds. The third kappa shape index (κ3) is 3.17. The normalized spacial score (nSPS) is 24.9. The SMILES string of the molecule is O=S1(=O)CCCC(COc2cnsc2)C1. The first-order valence-electron chi connectivity index (χ1n) is 4.88. The molecule has 0 saturated carbocycles. The van der Waals surface area contributed by atoms with Crippen LogP contribution in [0.15, 0.2) is 11.6 Å². The second-order valence-corrected chi connectivity index (χ2v) is 6.68. The zero-order chi connectivity index (χ0) is 10.7. The van der Waals surface area contributed by atoms with Gasteiger partial charge in [-0.3, -0.25) is 0 Å². The second kappa shape index (κ2) is 4.49. The van der Waals surface area contributed by atoms with Crippen LogP contribution in [0.25, 0.3) is 0 Å². The van der Waals surface area contributed by atoms with Crippen LogP contribution in [0.3, 0.4) is 0 Å². The summed E-state index contributed by atoms with van der Waals surface area (Å²) in [5, 5.41) is 1.82. The van der Waals surface area contributed by atoms with Gasteiger partial charge in [-0.15, -0.1) is 0 Å². The Balaban J connectivity index is 1.85. The van der Waals surface area contributed by atoms with Gasteiger partial charge in [-0.2, -0.15) is 4.37 Å². The van der Waals surface area contributed by atoms with Crippen molar-refractivity contribution in [1.29, 1.82) is 0 Å². The monoisotopic (exact) mass is 247 g/mol. The van der Waals surface area contributed by atoms with E-state index in [0.29, 0.717) is 12.4 Å². The van der Waals surface area contributed by atoms with Crippen LogP contribution in [-0.2, 0) is 9.84 Å². The molecule has 1 aromatic heterocycles. The molecule has 2 rings (SSSR count). The Labute approximate surface area is 93.4 Å². The first-order valence-corrected chi connectivity index (χ1v) is 7.54. The van der Waals surface area contributed by atoms with Gasteiger partial charge in [-0.05, 0) is 24.4 Å². The summed E-state index contributed by atoms with van der Waals surface area (Å²) in [6.07, 6.45) is 3.36. The van der Waals surface area contributed by atoms with Gasteiger partial charge < -0.3 is 4.74 Å². The van der Waals surface area contributed by atoms with E-state index in [4.69, 9.17) is 4.74 Å². The van der Waals surface area contributed by atoms with Crippen molar-refractivity contribution in [3.05, 3.63) is 11.6 Å². The van der Waals surface area contributed by atoms with E-state index in [1.165, 1.54) is 11.5 Å². The first kappa shape index (κ1) is 10.9. The summed E-state index contributed by atoms with van der Waals surface area (Å²) >= 11 is 1.33. The van der Waals surface area contributed by atoms with Gasteiger partial charge in [-0.1, -0.05) is 0 Å². The molecule has 1 unspecified atom stereocenters. The molecule has 1 saturated heterocycles. The molecule has 2 heterocycles. The van der Waals surface area contributed by atoms with Crippen LogP contribution >= 0.6 is 11.5 Å². The van der Waals surface area contributed by atoms with Gasteiger partial charge in [0.1, 0.15) is 5.75 Å². The van der Waals surface area contributed by atoms with Crippen LogP contribution < -0.4 is 4.74 Å². The minimum Gasteiger partial charge on any atom is -0.491 e. The molecule has 15 heavy (non-hydrogen) atoms. The summed E-state index contributed by atoms with van der Waals surface area (Å²) < 4.78 is 32.1. The van der Waals surface area contributed by atoms with Crippen molar-refractivity contribution in [2.75, 3.05) is 18.1 Å². The molecule has 84 valence electrons. The van der Waals surface area contributed by atoms with Gasteiger partial charge in [0, 0.05) is 5.92 Å². The van der Waals surface area contributed by atoms with Gasteiger partial charge in [0.2, 0.25) is 0 Å². The van der Waals surface area contributed by atoms with Crippen LogP contribution in [0, 0.1) is 5.92 Å². The van der Waals surface area contributed by atoms with E-state index < -0.39 is 9.84 Å². The van der Waals surface area contributed by atoms with Crippen molar-refractivity contribution in [2.24, 2.45) is 5.92 Å². The smallest absolute Gasteiger partial charge is 0.150 e. The van der Waals surface area contributed by atoms with Crippen molar-refractivity contribution < 1.29 is 13.2 Å². The number of aromatic nitrogens is 1. The molecular formula is C9H13NO3S2. The van der Waals surface area contributed by atoms with Crippen LogP contribution in [0.1, 0.15) is 12.8 Å². The Morgan fingerprint density at radius 2 is 2.47 bits per heavy atom. The molecular weight excluding hydrogens is 234 g/mol. The van der Waals surface area contributed by atoms with Crippen molar-refractivity contribution in [3.8, 4) is 5.75 Å². The van der Waals surface area contributed by atoms with Gasteiger partial charge in [-0.25, -0.2) is 8.42 Å². The summed E-state index contributed by atoms with van der Waals surface area (Å²) in [4.78, 5) is 0. The highest BCUT2D eigenvalue weighted by atomic mass is 32.2. The Bertz CT molecular complexity index is 399. The highest BCUT2D eigenvalue weighted by Gasteiger charge is 2.25. The maximum absolute atomic E-state index is 11.4. The Hall–Kier alpha value is -0.620. The molecule has 1 aliphatic heterocycles. The molecule has 0 bridgehead atoms. The van der Waals surface area contributed by atoms with E-state index >= 15 is 0 Å². The maximum Gasteiger partial charge on any atom is 0.150 e. The number of ether oxygens (including phenoxy) is 1. The summed E-state index contributed by atoms with van der Waals surface area (Å²) in [5.74, 6) is 1.49. The lowest BCUT2D eigenvalue weighted by Crippen LogP contribution is -2.29. The number of hydrogen-bond acceptors (Lipinski definition) is 5. The standard InChI is InChI=1S/C9H13NO3S2/c11-15(12)3-1-2-8(7-15)5-13-9-4-10-14-6-9/h4,6,8H,1-3,5,7H2. The molecule has 4 nitrogen and oxygen atoms in total. The lowest BCUT2D eigenvalue weighted by molar-refractivity contribution is 0.250. The number of sulfone groups is 1. The summed E-state index contributed by atoms with van der Waals surface area (Å²) in [6.45, 7) is 0.484. The van der Waals surface area contributed by atoms with Crippen LogP contribution in [0.2, 0.25) is 0 Å². The van der Waals surface area contributed by atoms with Gasteiger partial charge in [0.05, 0.1) is 29.7 Å². The predicted octanol–water partition coefficient (Wildman–Crippen LogP) is 1.35. The van der Waals surface area contributed by atoms with E-state index in [-0.39, 0.29) is 11.7 Å². The zero-order valence-corrected chi connectivity index (χ0v) is 9.89. The fourth-order valence-corrected chi connectivity index (χ4v) is 3.94. The van der Waals surface area contributed by atoms with Crippen molar-refractivity contribution in [3.63, 3.8) is 0 Å². The average Bonchev–Trinajstić information content (AvgIpc) is 2.65. The molecule has 1 aliphatic rings. The third-order valence-electron chi connectivity index (χ3n) is 2.45. The molecule has 0 N–H and O–H groups in total. The molecule has 0 spiro atoms. The number of nitrogens with zero attached hydrogens (tertiary/aromatic N) is 1. The van der Waals surface area contributed by atoms with E-state index in [1.54, 1.807) is 6.20 Å². The van der Waals surface area contributed by atoms with E-state index in [1.807, 2.05) is 5.38 Å². The van der Waals surface area contributed by atoms with E-state index in [9.17, 15) is 8.42 Å². The van der Waals surface area contributed by atoms with Crippen LogP contribution in [-0.4, -0.2) is 30.9 Å². The fourth-order valence-electron chi connectivity index (χ4n) is 1.73. The number of hydrogen-bond donors (Lipinski definition) is 0. The molecule has 1 atom stereocenters. The highest BCUT2D eigenvalue weighted by Crippen LogP contribution is 2.20.